The summed E-state index contributed by atoms with van der Waals surface area (Å²) in [7, 11) is 0. The molecule has 1 aromatic rings. The first-order chi connectivity index (χ1) is 16.7. The number of amides is 8. The highest BCUT2D eigenvalue weighted by Crippen LogP contribution is 2.19. The number of H-pyrrole nitrogens is 1. The molecule has 0 aliphatic carbocycles. The lowest BCUT2D eigenvalue weighted by molar-refractivity contribution is -0.142. The van der Waals surface area contributed by atoms with Gasteiger partial charge in [0, 0.05) is 61.7 Å². The third-order valence-corrected chi connectivity index (χ3v) is 4.84. The van der Waals surface area contributed by atoms with Crippen LogP contribution in [0.3, 0.4) is 0 Å². The van der Waals surface area contributed by atoms with Crippen molar-refractivity contribution in [1.82, 2.24) is 25.0 Å². The van der Waals surface area contributed by atoms with E-state index in [-0.39, 0.29) is 25.0 Å². The second kappa shape index (κ2) is 8.89. The van der Waals surface area contributed by atoms with Gasteiger partial charge in [-0.15, -0.1) is 5.10 Å². The molecule has 0 radical (unpaired) electrons. The third kappa shape index (κ3) is 4.32. The molecule has 0 spiro atoms. The highest BCUT2D eigenvalue weighted by Gasteiger charge is 2.33. The first-order valence-corrected chi connectivity index (χ1v) is 9.79. The van der Waals surface area contributed by atoms with Gasteiger partial charge in [0.25, 0.3) is 53.2 Å². The molecule has 8 amide bonds. The highest BCUT2D eigenvalue weighted by molar-refractivity contribution is 6.28. The molecule has 0 aromatic carbocycles. The summed E-state index contributed by atoms with van der Waals surface area (Å²) in [4.78, 5) is 97.5. The van der Waals surface area contributed by atoms with E-state index in [9.17, 15) is 38.4 Å². The summed E-state index contributed by atoms with van der Waals surface area (Å²) in [6, 6.07) is 0. The Morgan fingerprint density at radius 1 is 0.514 bits per heavy atom. The van der Waals surface area contributed by atoms with Gasteiger partial charge in [-0.3, -0.25) is 48.2 Å². The summed E-state index contributed by atoms with van der Waals surface area (Å²) >= 11 is 0. The molecule has 176 valence electrons. The van der Waals surface area contributed by atoms with E-state index in [4.69, 9.17) is 0 Å². The molecule has 0 fully saturated rings. The SMILES string of the molecule is O=C1C=CC(=O)N1CCN1C(=O)C=CC1=O.O=C1C=CC(=O)N1c1n[nH]c(N2C(=O)C=CC2=O)n1. The van der Waals surface area contributed by atoms with E-state index in [2.05, 4.69) is 15.2 Å². The van der Waals surface area contributed by atoms with Crippen LogP contribution in [0.15, 0.2) is 48.6 Å². The third-order valence-electron chi connectivity index (χ3n) is 4.84. The predicted octanol–water partition coefficient (Wildman–Crippen LogP) is -2.50. The lowest BCUT2D eigenvalue weighted by Gasteiger charge is -2.18. The number of aromatic nitrogens is 3. The van der Waals surface area contributed by atoms with Gasteiger partial charge in [-0.25, -0.2) is 14.9 Å². The maximum Gasteiger partial charge on any atom is 0.260 e. The summed E-state index contributed by atoms with van der Waals surface area (Å²) in [5.41, 5.74) is 0. The Kier molecular flexibility index (Phi) is 5.80. The molecule has 15 heteroatoms. The van der Waals surface area contributed by atoms with Crippen molar-refractivity contribution in [1.29, 1.82) is 0 Å². The molecule has 0 atom stereocenters. The minimum atomic E-state index is -0.590. The van der Waals surface area contributed by atoms with E-state index in [0.29, 0.717) is 0 Å². The van der Waals surface area contributed by atoms with Crippen molar-refractivity contribution in [3.8, 4) is 0 Å². The van der Waals surface area contributed by atoms with Gasteiger partial charge in [0.1, 0.15) is 0 Å². The molecule has 0 saturated heterocycles. The molecular weight excluding hydrogens is 466 g/mol. The van der Waals surface area contributed by atoms with Crippen molar-refractivity contribution in [2.24, 2.45) is 0 Å². The average molecular weight is 479 g/mol. The number of hydrogen-bond acceptors (Lipinski definition) is 10. The van der Waals surface area contributed by atoms with Crippen molar-refractivity contribution in [2.45, 2.75) is 0 Å². The largest absolute Gasteiger partial charge is 0.274 e. The zero-order chi connectivity index (χ0) is 25.3. The summed E-state index contributed by atoms with van der Waals surface area (Å²) < 4.78 is 0. The fraction of sp³-hybridized carbons (Fsp3) is 0.100. The smallest absolute Gasteiger partial charge is 0.260 e. The predicted molar refractivity (Wildman–Crippen MR) is 111 cm³/mol. The molecule has 35 heavy (non-hydrogen) atoms. The Morgan fingerprint density at radius 2 is 0.857 bits per heavy atom. The number of rotatable bonds is 5. The van der Waals surface area contributed by atoms with E-state index in [1.165, 1.54) is 0 Å². The molecule has 4 aliphatic heterocycles. The molecule has 0 bridgehead atoms. The van der Waals surface area contributed by atoms with Crippen LogP contribution in [0.1, 0.15) is 0 Å². The number of aromatic amines is 1. The van der Waals surface area contributed by atoms with Gasteiger partial charge < -0.3 is 0 Å². The van der Waals surface area contributed by atoms with E-state index in [0.717, 1.165) is 68.2 Å². The van der Waals surface area contributed by atoms with Gasteiger partial charge in [0.05, 0.1) is 0 Å². The Balaban J connectivity index is 0.000000168. The van der Waals surface area contributed by atoms with Gasteiger partial charge in [0.2, 0.25) is 5.95 Å². The lowest BCUT2D eigenvalue weighted by Crippen LogP contribution is -2.40. The van der Waals surface area contributed by atoms with Crippen molar-refractivity contribution < 1.29 is 38.4 Å². The quantitative estimate of drug-likeness (QED) is 0.442. The second-order valence-corrected chi connectivity index (χ2v) is 6.97. The van der Waals surface area contributed by atoms with Gasteiger partial charge >= 0.3 is 0 Å². The summed E-state index contributed by atoms with van der Waals surface area (Å²) in [5, 5.41) is 5.98. The van der Waals surface area contributed by atoms with E-state index in [1.54, 1.807) is 0 Å². The van der Waals surface area contributed by atoms with Gasteiger partial charge in [0.15, 0.2) is 0 Å². The number of carbonyl (C=O) groups excluding carboxylic acids is 8. The Hall–Kier alpha value is -5.34. The maximum absolute atomic E-state index is 11.4. The first kappa shape index (κ1) is 22.8. The van der Waals surface area contributed by atoms with E-state index < -0.39 is 47.3 Å². The molecule has 1 aromatic heterocycles. The second-order valence-electron chi connectivity index (χ2n) is 6.97. The van der Waals surface area contributed by atoms with Crippen LogP contribution in [-0.4, -0.2) is 85.3 Å². The van der Waals surface area contributed by atoms with Crippen LogP contribution < -0.4 is 9.80 Å². The van der Waals surface area contributed by atoms with Crippen LogP contribution in [-0.2, 0) is 38.4 Å². The highest BCUT2D eigenvalue weighted by atomic mass is 16.2. The standard InChI is InChI=1S/C10H5N5O4.C10H8N2O4/c16-5-1-2-6(17)14(5)9-11-10(13-12-9)15-7(18)3-4-8(15)19;13-7-1-2-8(14)11(7)5-6-12-9(15)3-4-10(12)16/h1-4H,(H,11,12,13);1-4H,5-6H2. The van der Waals surface area contributed by atoms with Crippen molar-refractivity contribution in [2.75, 3.05) is 22.9 Å². The zero-order valence-corrected chi connectivity index (χ0v) is 17.5. The molecular formula is C20H13N7O8. The Labute approximate surface area is 194 Å². The van der Waals surface area contributed by atoms with E-state index in [1.807, 2.05) is 0 Å². The van der Waals surface area contributed by atoms with Gasteiger partial charge in [-0.2, -0.15) is 4.98 Å². The lowest BCUT2D eigenvalue weighted by atomic mass is 10.4. The topological polar surface area (TPSA) is 191 Å². The summed E-state index contributed by atoms with van der Waals surface area (Å²) in [5.74, 6) is -4.39. The number of hydrogen-bond donors (Lipinski definition) is 1. The minimum absolute atomic E-state index is 0.0316. The Bertz CT molecular complexity index is 1160. The Morgan fingerprint density at radius 3 is 1.26 bits per heavy atom. The molecule has 1 N–H and O–H groups in total. The molecule has 5 heterocycles. The van der Waals surface area contributed by atoms with E-state index >= 15 is 0 Å². The molecule has 0 unspecified atom stereocenters. The van der Waals surface area contributed by atoms with Gasteiger partial charge in [-0.05, 0) is 0 Å². The molecule has 4 aliphatic rings. The van der Waals surface area contributed by atoms with Crippen LogP contribution in [0.5, 0.6) is 0 Å². The maximum atomic E-state index is 11.4. The van der Waals surface area contributed by atoms with Crippen molar-refractivity contribution in [3.05, 3.63) is 48.6 Å². The first-order valence-electron chi connectivity index (χ1n) is 9.79. The summed E-state index contributed by atoms with van der Waals surface area (Å²) in [6.07, 6.45) is 8.96. The molecule has 15 nitrogen and oxygen atoms in total. The number of imide groups is 4. The average Bonchev–Trinajstić information content (AvgIpc) is 3.62. The van der Waals surface area contributed by atoms with Crippen LogP contribution in [0, 0.1) is 0 Å². The number of nitrogens with one attached hydrogen (secondary N) is 1. The summed E-state index contributed by atoms with van der Waals surface area (Å²) in [6.45, 7) is 0.0631. The van der Waals surface area contributed by atoms with Crippen molar-refractivity contribution in [3.63, 3.8) is 0 Å². The fourth-order valence-corrected chi connectivity index (χ4v) is 3.15. The van der Waals surface area contributed by atoms with Crippen LogP contribution in [0.2, 0.25) is 0 Å². The fourth-order valence-electron chi connectivity index (χ4n) is 3.15. The van der Waals surface area contributed by atoms with Crippen LogP contribution in [0.4, 0.5) is 11.9 Å². The number of nitrogens with zero attached hydrogens (tertiary/aromatic N) is 6. The molecule has 0 saturated carbocycles. The minimum Gasteiger partial charge on any atom is -0.274 e. The monoisotopic (exact) mass is 479 g/mol. The normalized spacial score (nSPS) is 18.9. The van der Waals surface area contributed by atoms with Crippen molar-refractivity contribution >= 4 is 59.2 Å². The number of carbonyl (C=O) groups is 8. The molecule has 5 rings (SSSR count). The van der Waals surface area contributed by atoms with Crippen LogP contribution in [0.25, 0.3) is 0 Å². The van der Waals surface area contributed by atoms with Gasteiger partial charge in [-0.1, -0.05) is 0 Å². The zero-order valence-electron chi connectivity index (χ0n) is 17.5. The number of anilines is 2. The van der Waals surface area contributed by atoms with Crippen LogP contribution >= 0.6 is 0 Å².